The first kappa shape index (κ1) is 16.5. The molecule has 0 radical (unpaired) electrons. The predicted molar refractivity (Wildman–Crippen MR) is 87.0 cm³/mol. The normalized spacial score (nSPS) is 24.2. The maximum atomic E-state index is 12.1. The van der Waals surface area contributed by atoms with Crippen molar-refractivity contribution < 1.29 is 4.79 Å². The van der Waals surface area contributed by atoms with Gasteiger partial charge in [0.1, 0.15) is 0 Å². The van der Waals surface area contributed by atoms with Crippen LogP contribution in [-0.2, 0) is 4.79 Å². The van der Waals surface area contributed by atoms with E-state index < -0.39 is 6.04 Å². The van der Waals surface area contributed by atoms with Crippen molar-refractivity contribution in [3.05, 3.63) is 12.7 Å². The Bertz CT molecular complexity index is 344. The molecule has 1 unspecified atom stereocenters. The molecule has 4 nitrogen and oxygen atoms in total. The minimum Gasteiger partial charge on any atom is -0.353 e. The summed E-state index contributed by atoms with van der Waals surface area (Å²) in [6.45, 7) is 6.79. The molecule has 1 aliphatic heterocycles. The maximum Gasteiger partial charge on any atom is 0.237 e. The lowest BCUT2D eigenvalue weighted by molar-refractivity contribution is -0.123. The van der Waals surface area contributed by atoms with Crippen LogP contribution in [0.15, 0.2) is 12.7 Å². The number of nitrogens with one attached hydrogen (secondary N) is 1. The largest absolute Gasteiger partial charge is 0.353 e. The second-order valence-corrected chi connectivity index (χ2v) is 6.68. The van der Waals surface area contributed by atoms with Gasteiger partial charge in [-0.05, 0) is 45.2 Å². The van der Waals surface area contributed by atoms with Crippen molar-refractivity contribution in [3.63, 3.8) is 0 Å². The number of carbonyl (C=O) groups excluding carboxylic acids is 1. The third-order valence-corrected chi connectivity index (χ3v) is 5.16. The lowest BCUT2D eigenvalue weighted by Crippen LogP contribution is -2.59. The molecule has 3 N–H and O–H groups in total. The van der Waals surface area contributed by atoms with E-state index in [1.807, 2.05) is 0 Å². The molecule has 0 spiro atoms. The Morgan fingerprint density at radius 2 is 1.81 bits per heavy atom. The summed E-state index contributed by atoms with van der Waals surface area (Å²) in [5.41, 5.74) is 6.05. The van der Waals surface area contributed by atoms with Gasteiger partial charge in [0.2, 0.25) is 5.91 Å². The topological polar surface area (TPSA) is 58.4 Å². The van der Waals surface area contributed by atoms with Crippen LogP contribution in [-0.4, -0.2) is 42.0 Å². The molecule has 0 aromatic rings. The lowest BCUT2D eigenvalue weighted by atomic mass is 9.79. The van der Waals surface area contributed by atoms with Gasteiger partial charge in [-0.1, -0.05) is 31.8 Å². The summed E-state index contributed by atoms with van der Waals surface area (Å²) >= 11 is 0. The monoisotopic (exact) mass is 293 g/mol. The first-order chi connectivity index (χ1) is 10.2. The van der Waals surface area contributed by atoms with Crippen molar-refractivity contribution in [2.24, 2.45) is 5.73 Å². The zero-order valence-electron chi connectivity index (χ0n) is 13.3. The van der Waals surface area contributed by atoms with E-state index in [1.54, 1.807) is 6.08 Å². The van der Waals surface area contributed by atoms with Gasteiger partial charge < -0.3 is 11.1 Å². The van der Waals surface area contributed by atoms with Gasteiger partial charge in [-0.15, -0.1) is 6.58 Å². The second-order valence-electron chi connectivity index (χ2n) is 6.68. The Morgan fingerprint density at radius 3 is 2.43 bits per heavy atom. The van der Waals surface area contributed by atoms with Crippen LogP contribution in [0.5, 0.6) is 0 Å². The maximum absolute atomic E-state index is 12.1. The highest BCUT2D eigenvalue weighted by Crippen LogP contribution is 2.35. The summed E-state index contributed by atoms with van der Waals surface area (Å²) < 4.78 is 0. The molecule has 0 bridgehead atoms. The van der Waals surface area contributed by atoms with E-state index in [2.05, 4.69) is 16.8 Å². The molecule has 1 saturated heterocycles. The van der Waals surface area contributed by atoms with Crippen molar-refractivity contribution in [1.29, 1.82) is 0 Å². The number of amides is 1. The van der Waals surface area contributed by atoms with E-state index in [9.17, 15) is 4.79 Å². The van der Waals surface area contributed by atoms with Gasteiger partial charge in [0.25, 0.3) is 0 Å². The molecule has 120 valence electrons. The van der Waals surface area contributed by atoms with Crippen LogP contribution in [0.2, 0.25) is 0 Å². The molecule has 1 heterocycles. The summed E-state index contributed by atoms with van der Waals surface area (Å²) in [5.74, 6) is -0.0307. The molecule has 4 heteroatoms. The van der Waals surface area contributed by atoms with E-state index >= 15 is 0 Å². The molecule has 1 atom stereocenters. The Labute approximate surface area is 129 Å². The quantitative estimate of drug-likeness (QED) is 0.738. The first-order valence-electron chi connectivity index (χ1n) is 8.57. The van der Waals surface area contributed by atoms with E-state index in [-0.39, 0.29) is 11.4 Å². The summed E-state index contributed by atoms with van der Waals surface area (Å²) in [4.78, 5) is 14.7. The number of hydrogen-bond donors (Lipinski definition) is 2. The molecule has 0 aromatic heterocycles. The van der Waals surface area contributed by atoms with Crippen LogP contribution in [0.25, 0.3) is 0 Å². The smallest absolute Gasteiger partial charge is 0.237 e. The molecule has 21 heavy (non-hydrogen) atoms. The summed E-state index contributed by atoms with van der Waals surface area (Å²) in [6.07, 6.45) is 12.5. The molecule has 2 aliphatic rings. The average molecular weight is 293 g/mol. The molecular weight excluding hydrogens is 262 g/mol. The van der Waals surface area contributed by atoms with E-state index in [4.69, 9.17) is 5.73 Å². The Morgan fingerprint density at radius 1 is 1.19 bits per heavy atom. The van der Waals surface area contributed by atoms with Crippen LogP contribution < -0.4 is 11.1 Å². The van der Waals surface area contributed by atoms with Crippen LogP contribution in [0.3, 0.4) is 0 Å². The van der Waals surface area contributed by atoms with Crippen molar-refractivity contribution in [1.82, 2.24) is 10.2 Å². The SMILES string of the molecule is C=CCC(N)C(=O)NCC1(N2CCCCC2)CCCCC1. The molecule has 0 aromatic carbocycles. The van der Waals surface area contributed by atoms with E-state index in [0.29, 0.717) is 6.42 Å². The third kappa shape index (κ3) is 4.30. The third-order valence-electron chi connectivity index (χ3n) is 5.16. The van der Waals surface area contributed by atoms with Crippen LogP contribution in [0.4, 0.5) is 0 Å². The van der Waals surface area contributed by atoms with Crippen molar-refractivity contribution in [3.8, 4) is 0 Å². The second kappa shape index (κ2) is 7.95. The van der Waals surface area contributed by atoms with Crippen LogP contribution in [0.1, 0.15) is 57.8 Å². The summed E-state index contributed by atoms with van der Waals surface area (Å²) in [6, 6.07) is -0.454. The standard InChI is InChI=1S/C17H31N3O/c1-2-9-15(18)16(21)19-14-17(10-5-3-6-11-17)20-12-7-4-8-13-20/h2,15H,1,3-14,18H2,(H,19,21). The number of carbonyl (C=O) groups is 1. The van der Waals surface area contributed by atoms with E-state index in [0.717, 1.165) is 6.54 Å². The molecule has 2 rings (SSSR count). The first-order valence-corrected chi connectivity index (χ1v) is 8.57. The summed E-state index contributed by atoms with van der Waals surface area (Å²) in [7, 11) is 0. The minimum absolute atomic E-state index is 0.0307. The van der Waals surface area contributed by atoms with Crippen LogP contribution >= 0.6 is 0 Å². The van der Waals surface area contributed by atoms with Crippen molar-refractivity contribution in [2.75, 3.05) is 19.6 Å². The van der Waals surface area contributed by atoms with Gasteiger partial charge in [0.05, 0.1) is 6.04 Å². The number of hydrogen-bond acceptors (Lipinski definition) is 3. The van der Waals surface area contributed by atoms with Crippen molar-refractivity contribution >= 4 is 5.91 Å². The average Bonchev–Trinajstić information content (AvgIpc) is 2.54. The molecule has 1 aliphatic carbocycles. The number of rotatable bonds is 6. The molecular formula is C17H31N3O. The zero-order chi connectivity index (χ0) is 15.1. The Balaban J connectivity index is 1.95. The molecule has 1 saturated carbocycles. The highest BCUT2D eigenvalue weighted by atomic mass is 16.2. The Hall–Kier alpha value is -0.870. The van der Waals surface area contributed by atoms with Gasteiger partial charge in [0.15, 0.2) is 0 Å². The number of likely N-dealkylation sites (tertiary alicyclic amines) is 1. The predicted octanol–water partition coefficient (Wildman–Crippen LogP) is 2.19. The number of nitrogens with two attached hydrogens (primary N) is 1. The molecule has 2 fully saturated rings. The van der Waals surface area contributed by atoms with Gasteiger partial charge in [-0.2, -0.15) is 0 Å². The number of nitrogens with zero attached hydrogens (tertiary/aromatic N) is 1. The van der Waals surface area contributed by atoms with Gasteiger partial charge in [0, 0.05) is 12.1 Å². The van der Waals surface area contributed by atoms with Crippen LogP contribution in [0, 0.1) is 0 Å². The zero-order valence-corrected chi connectivity index (χ0v) is 13.3. The Kier molecular flexibility index (Phi) is 6.24. The van der Waals surface area contributed by atoms with Gasteiger partial charge in [-0.25, -0.2) is 0 Å². The van der Waals surface area contributed by atoms with E-state index in [1.165, 1.54) is 64.5 Å². The minimum atomic E-state index is -0.454. The molecule has 1 amide bonds. The fourth-order valence-electron chi connectivity index (χ4n) is 3.85. The fourth-order valence-corrected chi connectivity index (χ4v) is 3.85. The highest BCUT2D eigenvalue weighted by molar-refractivity contribution is 5.81. The fraction of sp³-hybridized carbons (Fsp3) is 0.824. The lowest BCUT2D eigenvalue weighted by Gasteiger charge is -2.48. The van der Waals surface area contributed by atoms with Gasteiger partial charge >= 0.3 is 0 Å². The highest BCUT2D eigenvalue weighted by Gasteiger charge is 2.38. The van der Waals surface area contributed by atoms with Crippen molar-refractivity contribution in [2.45, 2.75) is 69.4 Å². The number of piperidine rings is 1. The van der Waals surface area contributed by atoms with Gasteiger partial charge in [-0.3, -0.25) is 9.69 Å². The summed E-state index contributed by atoms with van der Waals surface area (Å²) in [5, 5.41) is 3.12.